The molecule has 0 radical (unpaired) electrons. The topological polar surface area (TPSA) is 77.2 Å². The Balaban J connectivity index is 2.93. The molecule has 0 aliphatic heterocycles. The van der Waals surface area contributed by atoms with E-state index in [1.165, 1.54) is 16.8 Å². The lowest BCUT2D eigenvalue weighted by Gasteiger charge is -2.23. The van der Waals surface area contributed by atoms with Gasteiger partial charge in [-0.15, -0.1) is 0 Å². The fourth-order valence-corrected chi connectivity index (χ4v) is 1.42. The Morgan fingerprint density at radius 1 is 1.65 bits per heavy atom. The minimum atomic E-state index is -0.521. The highest BCUT2D eigenvalue weighted by atomic mass is 79.9. The van der Waals surface area contributed by atoms with Crippen molar-refractivity contribution in [2.75, 3.05) is 5.33 Å². The molecule has 0 saturated heterocycles. The summed E-state index contributed by atoms with van der Waals surface area (Å²) in [6.07, 6.45) is 1.32. The molecule has 1 N–H and O–H groups in total. The van der Waals surface area contributed by atoms with Gasteiger partial charge in [-0.1, -0.05) is 15.9 Å². The van der Waals surface area contributed by atoms with Gasteiger partial charge >= 0.3 is 0 Å². The summed E-state index contributed by atoms with van der Waals surface area (Å²) >= 11 is 3.29. The molecule has 1 aromatic rings. The number of rotatable bonds is 4. The van der Waals surface area contributed by atoms with Crippen molar-refractivity contribution in [3.63, 3.8) is 0 Å². The normalized spacial score (nSPS) is 11.3. The predicted molar refractivity (Wildman–Crippen MR) is 67.4 cm³/mol. The zero-order valence-electron chi connectivity index (χ0n) is 9.86. The number of carbonyl (C=O) groups is 1. The average Bonchev–Trinajstić information content (AvgIpc) is 2.60. The molecule has 1 aromatic heterocycles. The largest absolute Gasteiger partial charge is 0.345 e. The second-order valence-corrected chi connectivity index (χ2v) is 4.98. The van der Waals surface area contributed by atoms with Crippen LogP contribution in [0.4, 0.5) is 5.69 Å². The highest BCUT2D eigenvalue weighted by Gasteiger charge is 2.23. The van der Waals surface area contributed by atoms with Crippen LogP contribution in [0.2, 0.25) is 0 Å². The Hall–Kier alpha value is -1.37. The van der Waals surface area contributed by atoms with Crippen LogP contribution in [0.1, 0.15) is 24.3 Å². The SMILES string of the molecule is Cn1cc([N+](=O)[O-])cc1C(=O)NC(C)(C)CBr. The van der Waals surface area contributed by atoms with Gasteiger partial charge in [0, 0.05) is 24.0 Å². The number of carbonyl (C=O) groups excluding carboxylic acids is 1. The second kappa shape index (κ2) is 4.87. The van der Waals surface area contributed by atoms with E-state index < -0.39 is 10.5 Å². The minimum absolute atomic E-state index is 0.0886. The fourth-order valence-electron chi connectivity index (χ4n) is 1.28. The van der Waals surface area contributed by atoms with Crippen LogP contribution in [0.25, 0.3) is 0 Å². The molecule has 0 unspecified atom stereocenters. The number of aryl methyl sites for hydroxylation is 1. The molecule has 1 amide bonds. The van der Waals surface area contributed by atoms with Gasteiger partial charge in [-0.05, 0) is 13.8 Å². The van der Waals surface area contributed by atoms with Crippen LogP contribution in [0.3, 0.4) is 0 Å². The lowest BCUT2D eigenvalue weighted by molar-refractivity contribution is -0.384. The van der Waals surface area contributed by atoms with E-state index in [-0.39, 0.29) is 17.3 Å². The third-order valence-electron chi connectivity index (χ3n) is 2.22. The smallest absolute Gasteiger partial charge is 0.287 e. The molecule has 1 rings (SSSR count). The van der Waals surface area contributed by atoms with Crippen molar-refractivity contribution in [1.29, 1.82) is 0 Å². The molecule has 94 valence electrons. The van der Waals surface area contributed by atoms with Crippen LogP contribution in [-0.2, 0) is 7.05 Å². The van der Waals surface area contributed by atoms with Gasteiger partial charge in [0.05, 0.1) is 11.1 Å². The molecule has 0 bridgehead atoms. The first kappa shape index (κ1) is 13.7. The number of nitrogens with zero attached hydrogens (tertiary/aromatic N) is 2. The maximum Gasteiger partial charge on any atom is 0.287 e. The van der Waals surface area contributed by atoms with E-state index in [1.807, 2.05) is 13.8 Å². The quantitative estimate of drug-likeness (QED) is 0.524. The number of hydrogen-bond acceptors (Lipinski definition) is 3. The maximum absolute atomic E-state index is 11.9. The first-order chi connectivity index (χ1) is 7.76. The Kier molecular flexibility index (Phi) is 3.92. The molecular formula is C10H14BrN3O3. The third-order valence-corrected chi connectivity index (χ3v) is 3.62. The molecule has 0 aromatic carbocycles. The first-order valence-electron chi connectivity index (χ1n) is 4.96. The maximum atomic E-state index is 11.9. The highest BCUT2D eigenvalue weighted by molar-refractivity contribution is 9.09. The standard InChI is InChI=1S/C10H14BrN3O3/c1-10(2,6-11)12-9(15)8-4-7(14(16)17)5-13(8)3/h4-5H,6H2,1-3H3,(H,12,15). The van der Waals surface area contributed by atoms with Gasteiger partial charge in [-0.2, -0.15) is 0 Å². The summed E-state index contributed by atoms with van der Waals surface area (Å²) in [4.78, 5) is 22.0. The summed E-state index contributed by atoms with van der Waals surface area (Å²) in [6, 6.07) is 1.26. The van der Waals surface area contributed by atoms with Gasteiger partial charge in [0.2, 0.25) is 0 Å². The number of alkyl halides is 1. The Morgan fingerprint density at radius 3 is 2.65 bits per heavy atom. The van der Waals surface area contributed by atoms with E-state index in [0.717, 1.165) is 0 Å². The minimum Gasteiger partial charge on any atom is -0.345 e. The van der Waals surface area contributed by atoms with Crippen molar-refractivity contribution in [1.82, 2.24) is 9.88 Å². The van der Waals surface area contributed by atoms with E-state index in [9.17, 15) is 14.9 Å². The summed E-state index contributed by atoms with van der Waals surface area (Å²) in [6.45, 7) is 3.72. The van der Waals surface area contributed by atoms with Gasteiger partial charge in [0.15, 0.2) is 0 Å². The Labute approximate surface area is 107 Å². The Morgan fingerprint density at radius 2 is 2.24 bits per heavy atom. The molecule has 0 aliphatic carbocycles. The van der Waals surface area contributed by atoms with Crippen molar-refractivity contribution in [3.05, 3.63) is 28.1 Å². The monoisotopic (exact) mass is 303 g/mol. The summed E-state index contributed by atoms with van der Waals surface area (Å²) in [5.74, 6) is -0.329. The number of aromatic nitrogens is 1. The molecule has 0 spiro atoms. The van der Waals surface area contributed by atoms with Gasteiger partial charge in [0.25, 0.3) is 11.6 Å². The Bertz CT molecular complexity index is 454. The van der Waals surface area contributed by atoms with Crippen LogP contribution in [0, 0.1) is 10.1 Å². The van der Waals surface area contributed by atoms with E-state index in [1.54, 1.807) is 7.05 Å². The van der Waals surface area contributed by atoms with E-state index >= 15 is 0 Å². The lowest BCUT2D eigenvalue weighted by Crippen LogP contribution is -2.45. The number of hydrogen-bond donors (Lipinski definition) is 1. The molecule has 1 heterocycles. The van der Waals surface area contributed by atoms with Crippen LogP contribution in [-0.4, -0.2) is 26.3 Å². The van der Waals surface area contributed by atoms with Crippen LogP contribution in [0.5, 0.6) is 0 Å². The molecule has 0 fully saturated rings. The third kappa shape index (κ3) is 3.29. The predicted octanol–water partition coefficient (Wildman–Crippen LogP) is 1.84. The van der Waals surface area contributed by atoms with Crippen molar-refractivity contribution in [3.8, 4) is 0 Å². The van der Waals surface area contributed by atoms with Gasteiger partial charge in [0.1, 0.15) is 5.69 Å². The molecule has 0 atom stereocenters. The van der Waals surface area contributed by atoms with Crippen LogP contribution < -0.4 is 5.32 Å². The molecule has 6 nitrogen and oxygen atoms in total. The summed E-state index contributed by atoms with van der Waals surface area (Å²) < 4.78 is 1.44. The number of halogens is 1. The van der Waals surface area contributed by atoms with E-state index in [2.05, 4.69) is 21.2 Å². The van der Waals surface area contributed by atoms with Crippen molar-refractivity contribution < 1.29 is 9.72 Å². The molecule has 7 heteroatoms. The van der Waals surface area contributed by atoms with Gasteiger partial charge in [-0.3, -0.25) is 14.9 Å². The molecule has 17 heavy (non-hydrogen) atoms. The summed E-state index contributed by atoms with van der Waals surface area (Å²) in [5.41, 5.74) is -0.226. The van der Waals surface area contributed by atoms with Crippen LogP contribution in [0.15, 0.2) is 12.3 Å². The zero-order valence-corrected chi connectivity index (χ0v) is 11.4. The lowest BCUT2D eigenvalue weighted by atomic mass is 10.1. The van der Waals surface area contributed by atoms with Crippen molar-refractivity contribution in [2.24, 2.45) is 7.05 Å². The first-order valence-corrected chi connectivity index (χ1v) is 6.08. The van der Waals surface area contributed by atoms with Crippen LogP contribution >= 0.6 is 15.9 Å². The molecular weight excluding hydrogens is 290 g/mol. The summed E-state index contributed by atoms with van der Waals surface area (Å²) in [7, 11) is 1.60. The number of amides is 1. The van der Waals surface area contributed by atoms with Gasteiger partial charge in [-0.25, -0.2) is 0 Å². The molecule has 0 saturated carbocycles. The zero-order chi connectivity index (χ0) is 13.2. The average molecular weight is 304 g/mol. The number of nitro groups is 1. The second-order valence-electron chi connectivity index (χ2n) is 4.42. The van der Waals surface area contributed by atoms with Crippen molar-refractivity contribution in [2.45, 2.75) is 19.4 Å². The van der Waals surface area contributed by atoms with E-state index in [4.69, 9.17) is 0 Å². The number of nitrogens with one attached hydrogen (secondary N) is 1. The molecule has 0 aliphatic rings. The summed E-state index contributed by atoms with van der Waals surface area (Å²) in [5, 5.41) is 14.0. The highest BCUT2D eigenvalue weighted by Crippen LogP contribution is 2.16. The van der Waals surface area contributed by atoms with Gasteiger partial charge < -0.3 is 9.88 Å². The van der Waals surface area contributed by atoms with Crippen molar-refractivity contribution >= 4 is 27.5 Å². The fraction of sp³-hybridized carbons (Fsp3) is 0.500. The van der Waals surface area contributed by atoms with E-state index in [0.29, 0.717) is 5.33 Å².